The van der Waals surface area contributed by atoms with Gasteiger partial charge in [0.2, 0.25) is 0 Å². The largest absolute Gasteiger partial charge is 1.00 e. The maximum Gasteiger partial charge on any atom is 1.00 e. The molecule has 0 aliphatic rings. The second kappa shape index (κ2) is 28.9. The molecule has 2 unspecified atom stereocenters. The molecule has 0 radical (unpaired) electrons. The molecule has 0 heterocycles. The van der Waals surface area contributed by atoms with Crippen LogP contribution in [-0.2, 0) is 17.1 Å². The van der Waals surface area contributed by atoms with Crippen LogP contribution in [0.25, 0.3) is 0 Å². The smallest absolute Gasteiger partial charge is 0.343 e. The van der Waals surface area contributed by atoms with Crippen molar-refractivity contribution >= 4 is 0 Å². The molecule has 0 aromatic carbocycles. The number of unbranched alkanes of at least 4 members (excludes halogenated alkanes) is 8. The second-order valence-electron chi connectivity index (χ2n) is 7.14. The van der Waals surface area contributed by atoms with Crippen LogP contribution in [0.5, 0.6) is 0 Å². The minimum Gasteiger partial charge on any atom is -0.343 e. The van der Waals surface area contributed by atoms with Gasteiger partial charge in [0.1, 0.15) is 0 Å². The molecule has 0 fully saturated rings. The summed E-state index contributed by atoms with van der Waals surface area (Å²) < 4.78 is 0. The van der Waals surface area contributed by atoms with Gasteiger partial charge in [-0.15, -0.1) is 0 Å². The molecule has 2 atom stereocenters. The Balaban J connectivity index is -0.000000154. The molecule has 0 amide bonds. The van der Waals surface area contributed by atoms with Gasteiger partial charge < -0.3 is 13.8 Å². The summed E-state index contributed by atoms with van der Waals surface area (Å²) in [6, 6.07) is 0. The topological polar surface area (TPSA) is 0 Å². The van der Waals surface area contributed by atoms with Gasteiger partial charge in [0, 0.05) is 0 Å². The van der Waals surface area contributed by atoms with Crippen LogP contribution in [-0.4, -0.2) is 0 Å². The van der Waals surface area contributed by atoms with E-state index in [1.807, 2.05) is 0 Å². The Bertz CT molecular complexity index is 165. The number of hydrogen-bond acceptors (Lipinski definition) is 0. The summed E-state index contributed by atoms with van der Waals surface area (Å²) in [6.07, 6.45) is 18.9. The minimum absolute atomic E-state index is 0. The number of hydrogen-bond donors (Lipinski definition) is 0. The summed E-state index contributed by atoms with van der Waals surface area (Å²) in [7, 11) is 0. The molecule has 0 nitrogen and oxygen atoms in total. The van der Waals surface area contributed by atoms with Crippen LogP contribution in [0.1, 0.15) is 118 Å². The van der Waals surface area contributed by atoms with E-state index in [1.165, 1.54) is 77.0 Å². The van der Waals surface area contributed by atoms with Crippen LogP contribution >= 0.6 is 0 Å². The van der Waals surface area contributed by atoms with E-state index < -0.39 is 0 Å². The van der Waals surface area contributed by atoms with Gasteiger partial charge >= 0.3 is 35.9 Å². The van der Waals surface area contributed by atoms with Crippen molar-refractivity contribution in [2.45, 2.75) is 118 Å². The summed E-state index contributed by atoms with van der Waals surface area (Å²) in [5, 5.41) is 0. The van der Waals surface area contributed by atoms with Crippen LogP contribution in [0.3, 0.4) is 0 Å². The molecular formula is C22H46CuLi. The van der Waals surface area contributed by atoms with Gasteiger partial charge in [-0.1, -0.05) is 105 Å². The van der Waals surface area contributed by atoms with E-state index in [2.05, 4.69) is 41.5 Å². The minimum atomic E-state index is 0. The van der Waals surface area contributed by atoms with E-state index in [0.717, 1.165) is 24.7 Å². The maximum atomic E-state index is 3.83. The Morgan fingerprint density at radius 2 is 0.875 bits per heavy atom. The quantitative estimate of drug-likeness (QED) is 0.214. The first-order chi connectivity index (χ1) is 10.6. The molecule has 0 aliphatic heterocycles. The molecule has 0 N–H and O–H groups in total. The second-order valence-corrected chi connectivity index (χ2v) is 7.14. The summed E-state index contributed by atoms with van der Waals surface area (Å²) in [5.41, 5.74) is 0. The molecule has 0 aliphatic carbocycles. The molecule has 146 valence electrons. The van der Waals surface area contributed by atoms with E-state index in [0.29, 0.717) is 0 Å². The van der Waals surface area contributed by atoms with Crippen molar-refractivity contribution in [2.24, 2.45) is 11.8 Å². The maximum absolute atomic E-state index is 3.83. The Morgan fingerprint density at radius 1 is 0.583 bits per heavy atom. The van der Waals surface area contributed by atoms with Gasteiger partial charge in [0.25, 0.3) is 0 Å². The number of rotatable bonds is 14. The monoisotopic (exact) mass is 380 g/mol. The normalized spacial score (nSPS) is 12.2. The summed E-state index contributed by atoms with van der Waals surface area (Å²) in [4.78, 5) is 0. The van der Waals surface area contributed by atoms with Crippen molar-refractivity contribution in [1.29, 1.82) is 0 Å². The van der Waals surface area contributed by atoms with E-state index in [9.17, 15) is 0 Å². The average molecular weight is 381 g/mol. The van der Waals surface area contributed by atoms with Crippen LogP contribution in [0.2, 0.25) is 0 Å². The Labute approximate surface area is 178 Å². The third kappa shape index (κ3) is 30.9. The van der Waals surface area contributed by atoms with Crippen molar-refractivity contribution in [1.82, 2.24) is 0 Å². The third-order valence-corrected chi connectivity index (χ3v) is 4.79. The van der Waals surface area contributed by atoms with Crippen LogP contribution in [0.4, 0.5) is 0 Å². The zero-order valence-electron chi connectivity index (χ0n) is 17.8. The molecule has 0 aromatic heterocycles. The molecule has 24 heavy (non-hydrogen) atoms. The third-order valence-electron chi connectivity index (χ3n) is 4.79. The summed E-state index contributed by atoms with van der Waals surface area (Å²) >= 11 is 0. The standard InChI is InChI=1S/2C11H23.Cu.Li/c2*1-4-6-7-8-9-10-11(3)5-2;;/h2*11H,1,4-10H2,2-3H3;;/q2*-1;2*+1. The molecule has 0 aromatic rings. The molecule has 0 saturated heterocycles. The SMILES string of the molecule is [CH2-]CCCCCCC(C)CC.[CH2-]CCCCCCC(C)CC.[Cu+].[Li+]. The van der Waals surface area contributed by atoms with Crippen LogP contribution in [0.15, 0.2) is 0 Å². The van der Waals surface area contributed by atoms with Crippen molar-refractivity contribution in [3.05, 3.63) is 13.8 Å². The van der Waals surface area contributed by atoms with Gasteiger partial charge in [-0.25, -0.2) is 0 Å². The van der Waals surface area contributed by atoms with E-state index in [-0.39, 0.29) is 35.9 Å². The van der Waals surface area contributed by atoms with Crippen molar-refractivity contribution in [2.75, 3.05) is 0 Å². The fourth-order valence-electron chi connectivity index (χ4n) is 2.45. The Kier molecular flexibility index (Phi) is 39.5. The first-order valence-corrected chi connectivity index (χ1v) is 10.2. The fraction of sp³-hybridized carbons (Fsp3) is 0.909. The zero-order valence-corrected chi connectivity index (χ0v) is 18.7. The van der Waals surface area contributed by atoms with E-state index >= 15 is 0 Å². The Hall–Kier alpha value is 1.12. The van der Waals surface area contributed by atoms with Crippen molar-refractivity contribution < 1.29 is 35.9 Å². The zero-order chi connectivity index (χ0) is 17.1. The summed E-state index contributed by atoms with van der Waals surface area (Å²) in [5.74, 6) is 1.88. The molecule has 0 saturated carbocycles. The van der Waals surface area contributed by atoms with Gasteiger partial charge in [-0.05, 0) is 11.8 Å². The Morgan fingerprint density at radius 3 is 1.12 bits per heavy atom. The van der Waals surface area contributed by atoms with Crippen molar-refractivity contribution in [3.63, 3.8) is 0 Å². The predicted octanol–water partition coefficient (Wildman–Crippen LogP) is 5.42. The molecule has 2 heteroatoms. The first kappa shape index (κ1) is 32.8. The van der Waals surface area contributed by atoms with E-state index in [1.54, 1.807) is 0 Å². The van der Waals surface area contributed by atoms with Gasteiger partial charge in [-0.3, -0.25) is 0 Å². The van der Waals surface area contributed by atoms with Crippen LogP contribution < -0.4 is 18.9 Å². The van der Waals surface area contributed by atoms with Crippen LogP contribution in [0, 0.1) is 25.7 Å². The van der Waals surface area contributed by atoms with E-state index in [4.69, 9.17) is 0 Å². The molecule has 0 rings (SSSR count). The van der Waals surface area contributed by atoms with Gasteiger partial charge in [0.15, 0.2) is 0 Å². The van der Waals surface area contributed by atoms with Crippen molar-refractivity contribution in [3.8, 4) is 0 Å². The first-order valence-electron chi connectivity index (χ1n) is 10.2. The molecule has 0 spiro atoms. The van der Waals surface area contributed by atoms with Gasteiger partial charge in [-0.2, -0.15) is 12.8 Å². The summed E-state index contributed by atoms with van der Waals surface area (Å²) in [6.45, 7) is 16.9. The fourth-order valence-corrected chi connectivity index (χ4v) is 2.45. The predicted molar refractivity (Wildman–Crippen MR) is 105 cm³/mol. The van der Waals surface area contributed by atoms with Gasteiger partial charge in [0.05, 0.1) is 0 Å². The molecule has 0 bridgehead atoms. The molecular weight excluding hydrogens is 335 g/mol. The average Bonchev–Trinajstić information content (AvgIpc) is 2.54.